The average Bonchev–Trinajstić information content (AvgIpc) is 2.54. The molecule has 1 aliphatic rings. The Morgan fingerprint density at radius 2 is 1.68 bits per heavy atom. The van der Waals surface area contributed by atoms with Gasteiger partial charge in [-0.25, -0.2) is 4.39 Å². The van der Waals surface area contributed by atoms with Gasteiger partial charge in [0.05, 0.1) is 0 Å². The maximum absolute atomic E-state index is 14.7. The largest absolute Gasteiger partial charge is 0.299 e. The normalized spacial score (nSPS) is 23.7. The molecule has 19 heavy (non-hydrogen) atoms. The summed E-state index contributed by atoms with van der Waals surface area (Å²) in [6.45, 7) is 1.30. The summed E-state index contributed by atoms with van der Waals surface area (Å²) in [7, 11) is 1.98. The molecule has 0 N–H and O–H groups in total. The highest BCUT2D eigenvalue weighted by atomic mass is 19.1. The van der Waals surface area contributed by atoms with Crippen LogP contribution >= 0.6 is 0 Å². The minimum atomic E-state index is -0.865. The van der Waals surface area contributed by atoms with Crippen LogP contribution in [0.4, 0.5) is 4.39 Å². The summed E-state index contributed by atoms with van der Waals surface area (Å²) in [5.41, 5.74) is 3.43. The molecule has 1 nitrogen and oxygen atoms in total. The van der Waals surface area contributed by atoms with E-state index in [0.717, 1.165) is 17.7 Å². The van der Waals surface area contributed by atoms with Crippen molar-refractivity contribution in [2.75, 3.05) is 13.6 Å². The zero-order chi connectivity index (χ0) is 13.2. The van der Waals surface area contributed by atoms with Crippen LogP contribution in [0.3, 0.4) is 0 Å². The lowest BCUT2D eigenvalue weighted by atomic mass is 9.85. The number of benzene rings is 2. The minimum absolute atomic E-state index is 0.151. The number of nitrogens with zero attached hydrogens (tertiary/aromatic N) is 1. The number of rotatable bonds is 1. The molecule has 0 bridgehead atoms. The number of hydrogen-bond donors (Lipinski definition) is 0. The monoisotopic (exact) mass is 255 g/mol. The highest BCUT2D eigenvalue weighted by Gasteiger charge is 2.30. The fraction of sp³-hybridized carbons (Fsp3) is 0.294. The van der Waals surface area contributed by atoms with E-state index in [9.17, 15) is 4.39 Å². The lowest BCUT2D eigenvalue weighted by molar-refractivity contribution is 0.212. The Morgan fingerprint density at radius 1 is 1.00 bits per heavy atom. The first-order valence-corrected chi connectivity index (χ1v) is 6.71. The van der Waals surface area contributed by atoms with Crippen LogP contribution in [0.25, 0.3) is 0 Å². The lowest BCUT2D eigenvalue weighted by Crippen LogP contribution is -2.27. The van der Waals surface area contributed by atoms with E-state index in [4.69, 9.17) is 0 Å². The molecule has 98 valence electrons. The van der Waals surface area contributed by atoms with Gasteiger partial charge < -0.3 is 0 Å². The third kappa shape index (κ3) is 2.41. The third-order valence-electron chi connectivity index (χ3n) is 3.84. The quantitative estimate of drug-likeness (QED) is 0.752. The summed E-state index contributed by atoms with van der Waals surface area (Å²) in [4.78, 5) is 2.06. The molecule has 1 heterocycles. The van der Waals surface area contributed by atoms with Gasteiger partial charge in [0, 0.05) is 19.0 Å². The van der Waals surface area contributed by atoms with Crippen LogP contribution < -0.4 is 0 Å². The second-order valence-electron chi connectivity index (χ2n) is 5.30. The first-order valence-electron chi connectivity index (χ1n) is 6.71. The number of halogens is 1. The molecule has 0 spiro atoms. The van der Waals surface area contributed by atoms with E-state index in [0.29, 0.717) is 6.54 Å². The van der Waals surface area contributed by atoms with Crippen LogP contribution in [0.5, 0.6) is 0 Å². The molecule has 2 atom stereocenters. The molecule has 0 unspecified atom stereocenters. The van der Waals surface area contributed by atoms with Crippen molar-refractivity contribution < 1.29 is 4.39 Å². The lowest BCUT2D eigenvalue weighted by Gasteiger charge is -2.22. The maximum atomic E-state index is 14.7. The Labute approximate surface area is 113 Å². The zero-order valence-corrected chi connectivity index (χ0v) is 11.1. The molecule has 0 fully saturated rings. The molecular formula is C17H18FN. The second kappa shape index (κ2) is 5.14. The summed E-state index contributed by atoms with van der Waals surface area (Å²) in [5, 5.41) is 0. The summed E-state index contributed by atoms with van der Waals surface area (Å²) >= 11 is 0. The molecule has 0 saturated heterocycles. The van der Waals surface area contributed by atoms with E-state index in [1.54, 1.807) is 0 Å². The molecule has 3 rings (SSSR count). The Morgan fingerprint density at radius 3 is 2.47 bits per heavy atom. The SMILES string of the molecule is CN1Cc2ccccc2[C@@H](c2ccccc2)[C@H](F)C1. The van der Waals surface area contributed by atoms with Crippen LogP contribution in [0.1, 0.15) is 22.6 Å². The van der Waals surface area contributed by atoms with Gasteiger partial charge in [-0.15, -0.1) is 0 Å². The predicted molar refractivity (Wildman–Crippen MR) is 76.0 cm³/mol. The van der Waals surface area contributed by atoms with Crippen molar-refractivity contribution in [2.45, 2.75) is 18.6 Å². The molecule has 0 radical (unpaired) electrons. The minimum Gasteiger partial charge on any atom is -0.299 e. The van der Waals surface area contributed by atoms with Crippen LogP contribution in [0.2, 0.25) is 0 Å². The molecular weight excluding hydrogens is 237 g/mol. The van der Waals surface area contributed by atoms with Crippen molar-refractivity contribution in [1.29, 1.82) is 0 Å². The zero-order valence-electron chi connectivity index (χ0n) is 11.1. The van der Waals surface area contributed by atoms with Crippen molar-refractivity contribution in [2.24, 2.45) is 0 Å². The fourth-order valence-electron chi connectivity index (χ4n) is 2.98. The van der Waals surface area contributed by atoms with E-state index in [-0.39, 0.29) is 5.92 Å². The van der Waals surface area contributed by atoms with E-state index in [1.807, 2.05) is 49.5 Å². The summed E-state index contributed by atoms with van der Waals surface area (Å²) < 4.78 is 14.7. The van der Waals surface area contributed by atoms with Gasteiger partial charge in [-0.1, -0.05) is 54.6 Å². The van der Waals surface area contributed by atoms with Crippen LogP contribution in [0.15, 0.2) is 54.6 Å². The van der Waals surface area contributed by atoms with Gasteiger partial charge in [0.25, 0.3) is 0 Å². The van der Waals surface area contributed by atoms with Crippen molar-refractivity contribution in [3.63, 3.8) is 0 Å². The van der Waals surface area contributed by atoms with Gasteiger partial charge in [-0.2, -0.15) is 0 Å². The van der Waals surface area contributed by atoms with Crippen molar-refractivity contribution in [3.05, 3.63) is 71.3 Å². The van der Waals surface area contributed by atoms with Crippen LogP contribution in [0, 0.1) is 0 Å². The predicted octanol–water partition coefficient (Wildman–Crippen LogP) is 3.60. The van der Waals surface area contributed by atoms with Gasteiger partial charge in [0.1, 0.15) is 6.17 Å². The van der Waals surface area contributed by atoms with E-state index in [1.165, 1.54) is 5.56 Å². The Balaban J connectivity index is 2.11. The second-order valence-corrected chi connectivity index (χ2v) is 5.30. The van der Waals surface area contributed by atoms with Crippen molar-refractivity contribution in [1.82, 2.24) is 4.90 Å². The molecule has 1 aliphatic heterocycles. The average molecular weight is 255 g/mol. The molecule has 0 aliphatic carbocycles. The van der Waals surface area contributed by atoms with E-state index in [2.05, 4.69) is 17.0 Å². The van der Waals surface area contributed by atoms with Gasteiger partial charge in [0.2, 0.25) is 0 Å². The first kappa shape index (κ1) is 12.4. The van der Waals surface area contributed by atoms with Crippen molar-refractivity contribution >= 4 is 0 Å². The van der Waals surface area contributed by atoms with Gasteiger partial charge in [0.15, 0.2) is 0 Å². The highest BCUT2D eigenvalue weighted by molar-refractivity contribution is 5.40. The van der Waals surface area contributed by atoms with Gasteiger partial charge >= 0.3 is 0 Å². The Hall–Kier alpha value is -1.67. The third-order valence-corrected chi connectivity index (χ3v) is 3.84. The Kier molecular flexibility index (Phi) is 3.34. The Bertz CT molecular complexity index is 552. The smallest absolute Gasteiger partial charge is 0.124 e. The number of alkyl halides is 1. The molecule has 0 saturated carbocycles. The summed E-state index contributed by atoms with van der Waals surface area (Å²) in [6.07, 6.45) is -0.865. The molecule has 2 aromatic carbocycles. The summed E-state index contributed by atoms with van der Waals surface area (Å²) in [6, 6.07) is 18.2. The van der Waals surface area contributed by atoms with Crippen LogP contribution in [-0.2, 0) is 6.54 Å². The molecule has 2 heteroatoms. The molecule has 2 aromatic rings. The van der Waals surface area contributed by atoms with Crippen LogP contribution in [-0.4, -0.2) is 24.7 Å². The van der Waals surface area contributed by atoms with E-state index >= 15 is 0 Å². The fourth-order valence-corrected chi connectivity index (χ4v) is 2.98. The first-order chi connectivity index (χ1) is 9.25. The molecule has 0 aromatic heterocycles. The number of fused-ring (bicyclic) bond motifs is 1. The van der Waals surface area contributed by atoms with Gasteiger partial charge in [-0.05, 0) is 23.7 Å². The highest BCUT2D eigenvalue weighted by Crippen LogP contribution is 2.35. The number of hydrogen-bond acceptors (Lipinski definition) is 1. The standard InChI is InChI=1S/C17H18FN/c1-19-11-14-9-5-6-10-15(14)17(16(18)12-19)13-7-3-2-4-8-13/h2-10,16-17H,11-12H2,1H3/t16-,17-/m1/s1. The topological polar surface area (TPSA) is 3.24 Å². The maximum Gasteiger partial charge on any atom is 0.124 e. The summed E-state index contributed by atoms with van der Waals surface area (Å²) in [5.74, 6) is -0.151. The van der Waals surface area contributed by atoms with E-state index < -0.39 is 6.17 Å². The van der Waals surface area contributed by atoms with Crippen molar-refractivity contribution in [3.8, 4) is 0 Å². The van der Waals surface area contributed by atoms with Gasteiger partial charge in [-0.3, -0.25) is 4.90 Å². The molecule has 0 amide bonds.